The first-order valence-corrected chi connectivity index (χ1v) is 6.63. The molecule has 1 aromatic rings. The molecule has 0 saturated heterocycles. The van der Waals surface area contributed by atoms with Gasteiger partial charge in [-0.2, -0.15) is 0 Å². The summed E-state index contributed by atoms with van der Waals surface area (Å²) >= 11 is 0. The first kappa shape index (κ1) is 13.9. The van der Waals surface area contributed by atoms with Crippen molar-refractivity contribution in [3.8, 4) is 0 Å². The lowest BCUT2D eigenvalue weighted by molar-refractivity contribution is -0.142. The smallest absolute Gasteiger partial charge is 0.328 e. The number of aliphatic carboxylic acids is 1. The van der Waals surface area contributed by atoms with E-state index in [1.165, 1.54) is 0 Å². The Morgan fingerprint density at radius 1 is 1.29 bits per heavy atom. The minimum atomic E-state index is -4.48. The molecule has 0 aromatic heterocycles. The lowest BCUT2D eigenvalue weighted by Gasteiger charge is -2.25. The van der Waals surface area contributed by atoms with Gasteiger partial charge in [-0.15, -0.1) is 0 Å². The fraction of sp³-hybridized carbons (Fsp3) is 0.300. The topological polar surface area (TPSA) is 121 Å². The maximum Gasteiger partial charge on any atom is 0.328 e. The normalized spacial score (nSPS) is 15.2. The molecule has 0 aliphatic carbocycles. The van der Waals surface area contributed by atoms with Gasteiger partial charge in [0, 0.05) is 6.42 Å². The van der Waals surface area contributed by atoms with Crippen molar-refractivity contribution < 1.29 is 24.3 Å². The largest absolute Gasteiger partial charge is 0.480 e. The zero-order valence-corrected chi connectivity index (χ0v) is 9.88. The van der Waals surface area contributed by atoms with E-state index in [9.17, 15) is 9.36 Å². The van der Waals surface area contributed by atoms with E-state index in [-0.39, 0.29) is 6.42 Å². The van der Waals surface area contributed by atoms with E-state index < -0.39 is 25.3 Å². The van der Waals surface area contributed by atoms with Crippen LogP contribution in [0.4, 0.5) is 0 Å². The van der Waals surface area contributed by atoms with E-state index in [4.69, 9.17) is 20.6 Å². The van der Waals surface area contributed by atoms with Crippen LogP contribution in [0.5, 0.6) is 0 Å². The molecule has 0 bridgehead atoms. The number of carboxylic acid groups (broad SMARTS) is 1. The second-order valence-electron chi connectivity index (χ2n) is 3.95. The van der Waals surface area contributed by atoms with Crippen LogP contribution < -0.4 is 5.73 Å². The average Bonchev–Trinajstić information content (AvgIpc) is 2.15. The highest BCUT2D eigenvalue weighted by Gasteiger charge is 2.40. The first-order valence-electron chi connectivity index (χ1n) is 4.84. The monoisotopic (exact) mass is 259 g/mol. The van der Waals surface area contributed by atoms with Gasteiger partial charge in [-0.3, -0.25) is 9.36 Å². The van der Waals surface area contributed by atoms with Gasteiger partial charge < -0.3 is 20.6 Å². The lowest BCUT2D eigenvalue weighted by atomic mass is 9.94. The molecule has 7 heteroatoms. The molecule has 1 rings (SSSR count). The Hall–Kier alpha value is -1.20. The van der Waals surface area contributed by atoms with Crippen LogP contribution in [0, 0.1) is 0 Å². The molecule has 1 aromatic carbocycles. The second kappa shape index (κ2) is 4.98. The van der Waals surface area contributed by atoms with Gasteiger partial charge in [0.15, 0.2) is 0 Å². The highest BCUT2D eigenvalue weighted by atomic mass is 31.2. The van der Waals surface area contributed by atoms with Crippen LogP contribution >= 0.6 is 7.60 Å². The van der Waals surface area contributed by atoms with E-state index >= 15 is 0 Å². The Labute approximate surface area is 98.2 Å². The Balaban J connectivity index is 2.94. The third-order valence-electron chi connectivity index (χ3n) is 2.28. The minimum Gasteiger partial charge on any atom is -0.480 e. The molecule has 0 aliphatic heterocycles. The molecule has 5 N–H and O–H groups in total. The number of carboxylic acids is 1. The van der Waals surface area contributed by atoms with Crippen molar-refractivity contribution in [3.63, 3.8) is 0 Å². The SMILES string of the molecule is N[C@](Cc1ccccc1)(CP(=O)(O)O)C(=O)O. The van der Waals surface area contributed by atoms with Gasteiger partial charge in [-0.05, 0) is 5.56 Å². The van der Waals surface area contributed by atoms with Crippen LogP contribution in [0.25, 0.3) is 0 Å². The summed E-state index contributed by atoms with van der Waals surface area (Å²) < 4.78 is 10.9. The number of nitrogens with two attached hydrogens (primary N) is 1. The summed E-state index contributed by atoms with van der Waals surface area (Å²) in [4.78, 5) is 28.7. The number of hydrogen-bond acceptors (Lipinski definition) is 3. The van der Waals surface area contributed by atoms with Crippen molar-refractivity contribution in [1.82, 2.24) is 0 Å². The van der Waals surface area contributed by atoms with Crippen molar-refractivity contribution in [2.75, 3.05) is 6.16 Å². The van der Waals surface area contributed by atoms with Gasteiger partial charge in [0.05, 0.1) is 6.16 Å². The van der Waals surface area contributed by atoms with Crippen LogP contribution in [0.2, 0.25) is 0 Å². The Morgan fingerprint density at radius 3 is 2.24 bits per heavy atom. The Morgan fingerprint density at radius 2 is 1.82 bits per heavy atom. The molecular formula is C10H14NO5P. The summed E-state index contributed by atoms with van der Waals surface area (Å²) in [5, 5.41) is 8.99. The number of hydrogen-bond donors (Lipinski definition) is 4. The third-order valence-corrected chi connectivity index (χ3v) is 3.25. The Kier molecular flexibility index (Phi) is 4.06. The summed E-state index contributed by atoms with van der Waals surface area (Å²) in [6, 6.07) is 8.48. The van der Waals surface area contributed by atoms with Crippen molar-refractivity contribution >= 4 is 13.6 Å². The predicted molar refractivity (Wildman–Crippen MR) is 61.6 cm³/mol. The standard InChI is InChI=1S/C10H14NO5P/c11-10(9(12)13,7-17(14,15)16)6-8-4-2-1-3-5-8/h1-5H,6-7,11H2,(H,12,13)(H2,14,15,16)/t10-/m1/s1. The van der Waals surface area contributed by atoms with Crippen LogP contribution in [0.1, 0.15) is 5.56 Å². The molecule has 0 saturated carbocycles. The zero-order chi connectivity index (χ0) is 13.1. The molecule has 0 unspecified atom stereocenters. The molecule has 0 amide bonds. The van der Waals surface area contributed by atoms with Crippen LogP contribution in [0.15, 0.2) is 30.3 Å². The van der Waals surface area contributed by atoms with E-state index in [2.05, 4.69) is 0 Å². The molecule has 0 heterocycles. The van der Waals surface area contributed by atoms with Gasteiger partial charge in [0.25, 0.3) is 0 Å². The minimum absolute atomic E-state index is 0.131. The highest BCUT2D eigenvalue weighted by molar-refractivity contribution is 7.51. The fourth-order valence-electron chi connectivity index (χ4n) is 1.53. The maximum absolute atomic E-state index is 11.0. The number of benzene rings is 1. The fourth-order valence-corrected chi connectivity index (χ4v) is 2.51. The molecule has 0 radical (unpaired) electrons. The molecule has 1 atom stereocenters. The van der Waals surface area contributed by atoms with Gasteiger partial charge in [-0.25, -0.2) is 0 Å². The summed E-state index contributed by atoms with van der Waals surface area (Å²) in [5.41, 5.74) is 4.23. The van der Waals surface area contributed by atoms with Gasteiger partial charge in [0.1, 0.15) is 5.54 Å². The predicted octanol–water partition coefficient (Wildman–Crippen LogP) is 0.189. The molecule has 6 nitrogen and oxygen atoms in total. The van der Waals surface area contributed by atoms with Crippen LogP contribution in [0.3, 0.4) is 0 Å². The van der Waals surface area contributed by atoms with Crippen LogP contribution in [-0.2, 0) is 15.8 Å². The van der Waals surface area contributed by atoms with Crippen molar-refractivity contribution in [3.05, 3.63) is 35.9 Å². The van der Waals surface area contributed by atoms with Crippen molar-refractivity contribution in [1.29, 1.82) is 0 Å². The molecule has 0 aliphatic rings. The summed E-state index contributed by atoms with van der Waals surface area (Å²) in [6.45, 7) is 0. The van der Waals surface area contributed by atoms with Gasteiger partial charge in [-0.1, -0.05) is 30.3 Å². The Bertz CT molecular complexity index is 443. The highest BCUT2D eigenvalue weighted by Crippen LogP contribution is 2.38. The molecule has 94 valence electrons. The average molecular weight is 259 g/mol. The third kappa shape index (κ3) is 4.28. The number of rotatable bonds is 5. The molecule has 0 spiro atoms. The van der Waals surface area contributed by atoms with E-state index in [0.29, 0.717) is 5.56 Å². The van der Waals surface area contributed by atoms with Crippen LogP contribution in [-0.4, -0.2) is 32.6 Å². The van der Waals surface area contributed by atoms with E-state index in [0.717, 1.165) is 0 Å². The summed E-state index contributed by atoms with van der Waals surface area (Å²) in [7, 11) is -4.48. The second-order valence-corrected chi connectivity index (χ2v) is 5.59. The number of carbonyl (C=O) groups is 1. The van der Waals surface area contributed by atoms with Gasteiger partial charge in [0.2, 0.25) is 0 Å². The van der Waals surface area contributed by atoms with Crippen molar-refractivity contribution in [2.24, 2.45) is 5.73 Å². The first-order chi connectivity index (χ1) is 7.73. The molecular weight excluding hydrogens is 245 g/mol. The van der Waals surface area contributed by atoms with Crippen molar-refractivity contribution in [2.45, 2.75) is 12.0 Å². The summed E-state index contributed by atoms with van der Waals surface area (Å²) in [5.74, 6) is -1.43. The van der Waals surface area contributed by atoms with E-state index in [1.807, 2.05) is 0 Å². The van der Waals surface area contributed by atoms with Gasteiger partial charge >= 0.3 is 13.6 Å². The molecule has 17 heavy (non-hydrogen) atoms. The lowest BCUT2D eigenvalue weighted by Crippen LogP contribution is -2.53. The summed E-state index contributed by atoms with van der Waals surface area (Å²) in [6.07, 6.45) is -1.02. The quantitative estimate of drug-likeness (QED) is 0.560. The zero-order valence-electron chi connectivity index (χ0n) is 8.98. The van der Waals surface area contributed by atoms with E-state index in [1.54, 1.807) is 30.3 Å². The molecule has 0 fully saturated rings. The maximum atomic E-state index is 11.0.